The van der Waals surface area contributed by atoms with Crippen molar-refractivity contribution in [1.82, 2.24) is 5.43 Å². The molecule has 1 aromatic rings. The fraction of sp³-hybridized carbons (Fsp3) is 0.500. The molecule has 0 heterocycles. The molecular formula is C18H22N2O2. The first-order valence-electron chi connectivity index (χ1n) is 7.86. The Balaban J connectivity index is 1.57. The van der Waals surface area contributed by atoms with Gasteiger partial charge in [0.1, 0.15) is 5.78 Å². The van der Waals surface area contributed by atoms with Crippen LogP contribution in [0.5, 0.6) is 0 Å². The van der Waals surface area contributed by atoms with Crippen molar-refractivity contribution in [3.05, 3.63) is 35.9 Å². The van der Waals surface area contributed by atoms with Gasteiger partial charge in [0, 0.05) is 24.5 Å². The second-order valence-electron chi connectivity index (χ2n) is 7.25. The first-order valence-corrected chi connectivity index (χ1v) is 7.86. The van der Waals surface area contributed by atoms with Gasteiger partial charge in [-0.2, -0.15) is 5.10 Å². The molecule has 2 atom stereocenters. The Morgan fingerprint density at radius 3 is 2.64 bits per heavy atom. The number of carbonyl (C=O) groups is 2. The standard InChI is InChI=1S/C18H22N2O2/c1-18(2)10-13(8-14(21)11-18)19-20-17(22)16-9-15(16)12-6-4-3-5-7-12/h3-7,15-16H,8-11H2,1-2H3,(H,20,22)/b19-13-/t15-,16-/m0/s1. The summed E-state index contributed by atoms with van der Waals surface area (Å²) in [5.41, 5.74) is 4.63. The minimum Gasteiger partial charge on any atom is -0.299 e. The quantitative estimate of drug-likeness (QED) is 0.872. The molecule has 1 aromatic carbocycles. The number of hydrogen-bond donors (Lipinski definition) is 1. The maximum atomic E-state index is 12.2. The van der Waals surface area contributed by atoms with Crippen LogP contribution in [-0.4, -0.2) is 17.4 Å². The van der Waals surface area contributed by atoms with Gasteiger partial charge in [-0.15, -0.1) is 0 Å². The maximum Gasteiger partial charge on any atom is 0.243 e. The molecule has 0 unspecified atom stereocenters. The van der Waals surface area contributed by atoms with Crippen molar-refractivity contribution in [3.8, 4) is 0 Å². The van der Waals surface area contributed by atoms with E-state index in [2.05, 4.69) is 36.5 Å². The summed E-state index contributed by atoms with van der Waals surface area (Å²) >= 11 is 0. The molecular weight excluding hydrogens is 276 g/mol. The lowest BCUT2D eigenvalue weighted by molar-refractivity contribution is -0.123. The van der Waals surface area contributed by atoms with Crippen LogP contribution >= 0.6 is 0 Å². The smallest absolute Gasteiger partial charge is 0.243 e. The number of nitrogens with one attached hydrogen (secondary N) is 1. The van der Waals surface area contributed by atoms with E-state index in [9.17, 15) is 9.59 Å². The summed E-state index contributed by atoms with van der Waals surface area (Å²) < 4.78 is 0. The SMILES string of the molecule is CC1(C)CC(=O)C/C(=N/NC(=O)[C@H]2C[C@H]2c2ccccc2)C1. The summed E-state index contributed by atoms with van der Waals surface area (Å²) in [6.45, 7) is 4.13. The number of rotatable bonds is 3. The number of ketones is 1. The van der Waals surface area contributed by atoms with Crippen LogP contribution in [0, 0.1) is 11.3 Å². The van der Waals surface area contributed by atoms with Gasteiger partial charge in [-0.05, 0) is 29.7 Å². The monoisotopic (exact) mass is 298 g/mol. The highest BCUT2D eigenvalue weighted by atomic mass is 16.2. The normalized spacial score (nSPS) is 28.5. The van der Waals surface area contributed by atoms with Crippen LogP contribution in [0.15, 0.2) is 35.4 Å². The molecule has 2 fully saturated rings. The lowest BCUT2D eigenvalue weighted by Gasteiger charge is -2.29. The van der Waals surface area contributed by atoms with Gasteiger partial charge in [0.25, 0.3) is 0 Å². The topological polar surface area (TPSA) is 58.5 Å². The summed E-state index contributed by atoms with van der Waals surface area (Å²) in [6.07, 6.45) is 2.62. The van der Waals surface area contributed by atoms with E-state index in [-0.39, 0.29) is 23.0 Å². The zero-order chi connectivity index (χ0) is 15.7. The fourth-order valence-corrected chi connectivity index (χ4v) is 3.35. The van der Waals surface area contributed by atoms with Crippen molar-refractivity contribution in [2.24, 2.45) is 16.4 Å². The molecule has 2 aliphatic carbocycles. The van der Waals surface area contributed by atoms with E-state index >= 15 is 0 Å². The van der Waals surface area contributed by atoms with Gasteiger partial charge < -0.3 is 0 Å². The van der Waals surface area contributed by atoms with Gasteiger partial charge in [-0.1, -0.05) is 44.2 Å². The van der Waals surface area contributed by atoms with E-state index in [4.69, 9.17) is 0 Å². The lowest BCUT2D eigenvalue weighted by atomic mass is 9.76. The van der Waals surface area contributed by atoms with E-state index < -0.39 is 0 Å². The number of hydrogen-bond acceptors (Lipinski definition) is 3. The van der Waals surface area contributed by atoms with Crippen LogP contribution in [-0.2, 0) is 9.59 Å². The van der Waals surface area contributed by atoms with Gasteiger partial charge in [-0.3, -0.25) is 9.59 Å². The van der Waals surface area contributed by atoms with Crippen LogP contribution in [0.25, 0.3) is 0 Å². The van der Waals surface area contributed by atoms with Crippen LogP contribution in [0.1, 0.15) is 51.0 Å². The zero-order valence-corrected chi connectivity index (χ0v) is 13.1. The van der Waals surface area contributed by atoms with Gasteiger partial charge >= 0.3 is 0 Å². The number of amides is 1. The summed E-state index contributed by atoms with van der Waals surface area (Å²) in [6, 6.07) is 10.1. The molecule has 1 amide bonds. The Morgan fingerprint density at radius 1 is 1.23 bits per heavy atom. The lowest BCUT2D eigenvalue weighted by Crippen LogP contribution is -2.31. The first kappa shape index (κ1) is 14.9. The van der Waals surface area contributed by atoms with Crippen LogP contribution in [0.4, 0.5) is 0 Å². The third kappa shape index (κ3) is 3.43. The van der Waals surface area contributed by atoms with Crippen molar-refractivity contribution < 1.29 is 9.59 Å². The molecule has 116 valence electrons. The Hall–Kier alpha value is -1.97. The second kappa shape index (κ2) is 5.67. The minimum absolute atomic E-state index is 0.0130. The Morgan fingerprint density at radius 2 is 1.95 bits per heavy atom. The molecule has 0 aliphatic heterocycles. The molecule has 2 aliphatic rings. The number of nitrogens with zero attached hydrogens (tertiary/aromatic N) is 1. The third-order valence-electron chi connectivity index (χ3n) is 4.44. The average Bonchev–Trinajstić information content (AvgIpc) is 3.24. The number of benzene rings is 1. The minimum atomic E-state index is -0.0505. The van der Waals surface area contributed by atoms with Crippen molar-refractivity contribution in [2.75, 3.05) is 0 Å². The van der Waals surface area contributed by atoms with Gasteiger partial charge in [0.2, 0.25) is 5.91 Å². The Kier molecular flexibility index (Phi) is 3.85. The van der Waals surface area contributed by atoms with E-state index in [1.54, 1.807) is 0 Å². The summed E-state index contributed by atoms with van der Waals surface area (Å²) in [5, 5.41) is 4.21. The average molecular weight is 298 g/mol. The molecule has 22 heavy (non-hydrogen) atoms. The Bertz CT molecular complexity index is 619. The molecule has 3 rings (SSSR count). The molecule has 0 bridgehead atoms. The summed E-state index contributed by atoms with van der Waals surface area (Å²) in [5.74, 6) is 0.500. The molecule has 0 aromatic heterocycles. The molecule has 1 N–H and O–H groups in total. The first-order chi connectivity index (χ1) is 10.4. The molecule has 0 saturated heterocycles. The highest BCUT2D eigenvalue weighted by Crippen LogP contribution is 2.47. The molecule has 4 nitrogen and oxygen atoms in total. The number of Topliss-reactive ketones (excluding diaryl/α,β-unsaturated/α-hetero) is 1. The van der Waals surface area contributed by atoms with Crippen molar-refractivity contribution in [3.63, 3.8) is 0 Å². The van der Waals surface area contributed by atoms with Crippen LogP contribution < -0.4 is 5.43 Å². The van der Waals surface area contributed by atoms with E-state index in [0.717, 1.165) is 18.6 Å². The van der Waals surface area contributed by atoms with Crippen LogP contribution in [0.2, 0.25) is 0 Å². The Labute approximate surface area is 131 Å². The summed E-state index contributed by atoms with van der Waals surface area (Å²) in [4.78, 5) is 23.9. The zero-order valence-electron chi connectivity index (χ0n) is 13.1. The fourth-order valence-electron chi connectivity index (χ4n) is 3.35. The largest absolute Gasteiger partial charge is 0.299 e. The van der Waals surface area contributed by atoms with E-state index in [1.807, 2.05) is 18.2 Å². The van der Waals surface area contributed by atoms with Crippen molar-refractivity contribution in [1.29, 1.82) is 0 Å². The molecule has 0 radical (unpaired) electrons. The molecule has 2 saturated carbocycles. The predicted octanol–water partition coefficient (Wildman–Crippen LogP) is 3.04. The number of hydrazone groups is 1. The molecule has 0 spiro atoms. The van der Waals surface area contributed by atoms with Crippen molar-refractivity contribution in [2.45, 2.75) is 45.4 Å². The van der Waals surface area contributed by atoms with Crippen molar-refractivity contribution >= 4 is 17.4 Å². The second-order valence-corrected chi connectivity index (χ2v) is 7.25. The maximum absolute atomic E-state index is 12.2. The number of carbonyl (C=O) groups excluding carboxylic acids is 2. The highest BCUT2D eigenvalue weighted by molar-refractivity contribution is 6.05. The predicted molar refractivity (Wildman–Crippen MR) is 85.5 cm³/mol. The highest BCUT2D eigenvalue weighted by Gasteiger charge is 2.44. The van der Waals surface area contributed by atoms with E-state index in [0.29, 0.717) is 18.8 Å². The summed E-state index contributed by atoms with van der Waals surface area (Å²) in [7, 11) is 0. The van der Waals surface area contributed by atoms with Gasteiger partial charge in [0.05, 0.1) is 0 Å². The van der Waals surface area contributed by atoms with E-state index in [1.165, 1.54) is 5.56 Å². The molecule has 4 heteroatoms. The van der Waals surface area contributed by atoms with Gasteiger partial charge in [0.15, 0.2) is 0 Å². The van der Waals surface area contributed by atoms with Gasteiger partial charge in [-0.25, -0.2) is 5.43 Å². The third-order valence-corrected chi connectivity index (χ3v) is 4.44. The van der Waals surface area contributed by atoms with Crippen LogP contribution in [0.3, 0.4) is 0 Å².